The fourth-order valence-electron chi connectivity index (χ4n) is 4.68. The van der Waals surface area contributed by atoms with Gasteiger partial charge >= 0.3 is 5.97 Å². The normalized spacial score (nSPS) is 24.6. The number of methoxy groups -OCH3 is 2. The Morgan fingerprint density at radius 2 is 2.11 bits per heavy atom. The maximum atomic E-state index is 12.4. The standard InChI is InChI=1S/C22H26N2O3/c1-4-14-12-24-10-9-16-15-7-5-6-8-19(15)23-21(16)20(24)11-17(14)18(13-26-2)22(25)27-3/h4-8,13,17,20,23H,9-12H2,1-3H3/t17-,20+/m0/s1. The number of carbonyl (C=O) groups is 1. The van der Waals surface area contributed by atoms with Crippen LogP contribution in [0.1, 0.15) is 30.6 Å². The van der Waals surface area contributed by atoms with Crippen molar-refractivity contribution in [2.45, 2.75) is 25.8 Å². The van der Waals surface area contributed by atoms with E-state index >= 15 is 0 Å². The number of para-hydroxylation sites is 1. The van der Waals surface area contributed by atoms with Crippen molar-refractivity contribution >= 4 is 16.9 Å². The van der Waals surface area contributed by atoms with Gasteiger partial charge in [0, 0.05) is 35.6 Å². The van der Waals surface area contributed by atoms with Crippen molar-refractivity contribution in [1.29, 1.82) is 0 Å². The summed E-state index contributed by atoms with van der Waals surface area (Å²) in [5, 5.41) is 1.32. The van der Waals surface area contributed by atoms with Gasteiger partial charge in [-0.2, -0.15) is 0 Å². The average Bonchev–Trinajstić information content (AvgIpc) is 3.09. The fraction of sp³-hybridized carbons (Fsp3) is 0.409. The van der Waals surface area contributed by atoms with Crippen LogP contribution in [0.3, 0.4) is 0 Å². The summed E-state index contributed by atoms with van der Waals surface area (Å²) >= 11 is 0. The third-order valence-electron chi connectivity index (χ3n) is 5.97. The van der Waals surface area contributed by atoms with Gasteiger partial charge in [0.2, 0.25) is 0 Å². The smallest absolute Gasteiger partial charge is 0.337 e. The lowest BCUT2D eigenvalue weighted by atomic mass is 9.78. The minimum atomic E-state index is -0.317. The molecule has 1 aromatic carbocycles. The van der Waals surface area contributed by atoms with Crippen LogP contribution in [0.15, 0.2) is 47.7 Å². The lowest BCUT2D eigenvalue weighted by molar-refractivity contribution is -0.137. The molecule has 2 aromatic rings. The number of esters is 1. The molecule has 142 valence electrons. The quantitative estimate of drug-likeness (QED) is 0.389. The van der Waals surface area contributed by atoms with Crippen LogP contribution in [0, 0.1) is 5.92 Å². The highest BCUT2D eigenvalue weighted by Crippen LogP contribution is 2.44. The zero-order valence-corrected chi connectivity index (χ0v) is 16.1. The van der Waals surface area contributed by atoms with Gasteiger partial charge in [-0.3, -0.25) is 4.90 Å². The minimum Gasteiger partial charge on any atom is -0.504 e. The highest BCUT2D eigenvalue weighted by atomic mass is 16.5. The van der Waals surface area contributed by atoms with E-state index in [1.807, 2.05) is 6.92 Å². The second-order valence-corrected chi connectivity index (χ2v) is 7.25. The van der Waals surface area contributed by atoms with E-state index in [1.54, 1.807) is 13.4 Å². The van der Waals surface area contributed by atoms with Crippen LogP contribution in [0.25, 0.3) is 10.9 Å². The van der Waals surface area contributed by atoms with Crippen LogP contribution in [0.4, 0.5) is 0 Å². The van der Waals surface area contributed by atoms with Crippen molar-refractivity contribution in [2.75, 3.05) is 27.3 Å². The molecule has 1 N–H and O–H groups in total. The predicted molar refractivity (Wildman–Crippen MR) is 105 cm³/mol. The van der Waals surface area contributed by atoms with Gasteiger partial charge < -0.3 is 14.5 Å². The van der Waals surface area contributed by atoms with E-state index in [0.717, 1.165) is 25.9 Å². The Labute approximate surface area is 159 Å². The number of ether oxygens (including phenoxy) is 2. The molecule has 1 fully saturated rings. The molecule has 0 aliphatic carbocycles. The first-order valence-corrected chi connectivity index (χ1v) is 9.47. The molecule has 0 amide bonds. The van der Waals surface area contributed by atoms with Gasteiger partial charge in [0.25, 0.3) is 0 Å². The highest BCUT2D eigenvalue weighted by molar-refractivity contribution is 5.89. The van der Waals surface area contributed by atoms with Crippen LogP contribution < -0.4 is 0 Å². The lowest BCUT2D eigenvalue weighted by Gasteiger charge is -2.44. The minimum absolute atomic E-state index is 0.000937. The van der Waals surface area contributed by atoms with Crippen LogP contribution >= 0.6 is 0 Å². The summed E-state index contributed by atoms with van der Waals surface area (Å²) < 4.78 is 10.2. The first kappa shape index (κ1) is 17.9. The molecule has 1 aromatic heterocycles. The van der Waals surface area contributed by atoms with Crippen LogP contribution in [-0.4, -0.2) is 43.2 Å². The van der Waals surface area contributed by atoms with E-state index in [1.165, 1.54) is 34.8 Å². The number of nitrogens with zero attached hydrogens (tertiary/aromatic N) is 1. The zero-order chi connectivity index (χ0) is 19.0. The molecule has 5 nitrogen and oxygen atoms in total. The number of carbonyl (C=O) groups excluding carboxylic acids is 1. The Balaban J connectivity index is 1.75. The number of benzene rings is 1. The van der Waals surface area contributed by atoms with Crippen molar-refractivity contribution in [2.24, 2.45) is 5.92 Å². The summed E-state index contributed by atoms with van der Waals surface area (Å²) in [7, 11) is 3.00. The summed E-state index contributed by atoms with van der Waals surface area (Å²) in [5.74, 6) is -0.316. The van der Waals surface area contributed by atoms with E-state index in [2.05, 4.69) is 40.2 Å². The number of fused-ring (bicyclic) bond motifs is 5. The summed E-state index contributed by atoms with van der Waals surface area (Å²) in [6.07, 6.45) is 5.57. The summed E-state index contributed by atoms with van der Waals surface area (Å²) in [6.45, 7) is 3.94. The molecule has 4 rings (SSSR count). The molecule has 2 aliphatic heterocycles. The van der Waals surface area contributed by atoms with Gasteiger partial charge in [-0.15, -0.1) is 0 Å². The molecular weight excluding hydrogens is 340 g/mol. The van der Waals surface area contributed by atoms with Crippen LogP contribution in [0.2, 0.25) is 0 Å². The second kappa shape index (κ2) is 7.24. The Kier molecular flexibility index (Phi) is 4.79. The molecule has 0 radical (unpaired) electrons. The van der Waals surface area contributed by atoms with Gasteiger partial charge in [0.1, 0.15) is 0 Å². The molecule has 2 aliphatic rings. The SMILES string of the molecule is CC=C1CN2CCc3c([nH]c4ccccc34)[C@H]2C[C@@H]1C(=COC)C(=O)OC. The molecule has 0 unspecified atom stereocenters. The predicted octanol–water partition coefficient (Wildman–Crippen LogP) is 3.74. The van der Waals surface area contributed by atoms with Crippen molar-refractivity contribution in [3.05, 3.63) is 59.0 Å². The van der Waals surface area contributed by atoms with Crippen molar-refractivity contribution < 1.29 is 14.3 Å². The average molecular weight is 366 g/mol. The van der Waals surface area contributed by atoms with E-state index in [9.17, 15) is 4.79 Å². The van der Waals surface area contributed by atoms with Crippen molar-refractivity contribution in [3.63, 3.8) is 0 Å². The molecule has 0 spiro atoms. The van der Waals surface area contributed by atoms with E-state index < -0.39 is 0 Å². The van der Waals surface area contributed by atoms with Crippen molar-refractivity contribution in [3.8, 4) is 0 Å². The highest BCUT2D eigenvalue weighted by Gasteiger charge is 2.40. The van der Waals surface area contributed by atoms with Gasteiger partial charge in [-0.05, 0) is 31.4 Å². The number of aromatic nitrogens is 1. The summed E-state index contributed by atoms with van der Waals surface area (Å²) in [5.41, 5.74) is 5.75. The monoisotopic (exact) mass is 366 g/mol. The molecule has 27 heavy (non-hydrogen) atoms. The Morgan fingerprint density at radius 3 is 2.85 bits per heavy atom. The Hall–Kier alpha value is -2.53. The molecule has 0 bridgehead atoms. The van der Waals surface area contributed by atoms with Gasteiger partial charge in [0.15, 0.2) is 0 Å². The van der Waals surface area contributed by atoms with Crippen LogP contribution in [0.5, 0.6) is 0 Å². The number of piperidine rings is 1. The second-order valence-electron chi connectivity index (χ2n) is 7.25. The number of nitrogens with one attached hydrogen (secondary N) is 1. The number of H-pyrrole nitrogens is 1. The lowest BCUT2D eigenvalue weighted by Crippen LogP contribution is -2.43. The van der Waals surface area contributed by atoms with E-state index in [4.69, 9.17) is 9.47 Å². The summed E-state index contributed by atoms with van der Waals surface area (Å²) in [4.78, 5) is 18.6. The zero-order valence-electron chi connectivity index (χ0n) is 16.1. The maximum absolute atomic E-state index is 12.4. The van der Waals surface area contributed by atoms with E-state index in [-0.39, 0.29) is 17.9 Å². The third-order valence-corrected chi connectivity index (χ3v) is 5.97. The molecular formula is C22H26N2O3. The number of aromatic amines is 1. The maximum Gasteiger partial charge on any atom is 0.337 e. The third kappa shape index (κ3) is 2.96. The molecule has 1 saturated heterocycles. The first-order chi connectivity index (χ1) is 13.2. The molecule has 0 saturated carbocycles. The van der Waals surface area contributed by atoms with E-state index in [0.29, 0.717) is 5.57 Å². The summed E-state index contributed by atoms with van der Waals surface area (Å²) in [6, 6.07) is 8.77. The fourth-order valence-corrected chi connectivity index (χ4v) is 4.68. The number of hydrogen-bond acceptors (Lipinski definition) is 4. The number of hydrogen-bond donors (Lipinski definition) is 1. The van der Waals surface area contributed by atoms with Crippen LogP contribution in [-0.2, 0) is 20.7 Å². The Bertz CT molecular complexity index is 925. The topological polar surface area (TPSA) is 54.6 Å². The Morgan fingerprint density at radius 1 is 1.30 bits per heavy atom. The van der Waals surface area contributed by atoms with Gasteiger partial charge in [-0.25, -0.2) is 4.79 Å². The number of allylic oxidation sites excluding steroid dienone is 1. The molecule has 5 heteroatoms. The number of rotatable bonds is 3. The first-order valence-electron chi connectivity index (χ1n) is 9.47. The largest absolute Gasteiger partial charge is 0.504 e. The van der Waals surface area contributed by atoms with Crippen molar-refractivity contribution in [1.82, 2.24) is 9.88 Å². The van der Waals surface area contributed by atoms with Gasteiger partial charge in [0.05, 0.1) is 32.1 Å². The molecule has 3 heterocycles. The molecule has 2 atom stereocenters. The van der Waals surface area contributed by atoms with Gasteiger partial charge in [-0.1, -0.05) is 29.8 Å².